The number of carbonyl (C=O) groups is 1. The lowest BCUT2D eigenvalue weighted by Crippen LogP contribution is -2.29. The zero-order valence-corrected chi connectivity index (χ0v) is 18.3. The van der Waals surface area contributed by atoms with Crippen LogP contribution in [0.25, 0.3) is 11.3 Å². The van der Waals surface area contributed by atoms with E-state index < -0.39 is 0 Å². The van der Waals surface area contributed by atoms with Crippen LogP contribution in [0.4, 0.5) is 0 Å². The summed E-state index contributed by atoms with van der Waals surface area (Å²) in [6, 6.07) is 21.9. The number of rotatable bonds is 6. The zero-order chi connectivity index (χ0) is 22.9. The van der Waals surface area contributed by atoms with Crippen LogP contribution in [0.5, 0.6) is 17.2 Å². The monoisotopic (exact) mass is 441 g/mol. The van der Waals surface area contributed by atoms with Crippen LogP contribution in [-0.4, -0.2) is 40.3 Å². The van der Waals surface area contributed by atoms with Gasteiger partial charge in [0.15, 0.2) is 0 Å². The third kappa shape index (κ3) is 3.67. The standard InChI is InChI=1S/C26H23N3O4/c1-32-20-11-3-16(4-12-20)15-29-25(18-5-9-19(30)10-6-18)22-23(27-28-24(22)26(29)31)17-7-13-21(33-2)14-8-17/h3-14,25,30H,15H2,1-2H3,(H,27,28). The van der Waals surface area contributed by atoms with Crippen molar-refractivity contribution in [3.63, 3.8) is 0 Å². The lowest BCUT2D eigenvalue weighted by molar-refractivity contribution is 0.0730. The molecule has 166 valence electrons. The Labute approximate surface area is 191 Å². The van der Waals surface area contributed by atoms with Crippen LogP contribution in [0.1, 0.15) is 33.2 Å². The van der Waals surface area contributed by atoms with E-state index in [1.165, 1.54) is 0 Å². The molecule has 0 bridgehead atoms. The van der Waals surface area contributed by atoms with E-state index in [0.29, 0.717) is 12.2 Å². The molecular weight excluding hydrogens is 418 g/mol. The number of amides is 1. The van der Waals surface area contributed by atoms with Gasteiger partial charge in [0.1, 0.15) is 22.9 Å². The first-order chi connectivity index (χ1) is 16.1. The molecule has 5 rings (SSSR count). The molecule has 1 aliphatic heterocycles. The van der Waals surface area contributed by atoms with E-state index >= 15 is 0 Å². The van der Waals surface area contributed by atoms with Gasteiger partial charge in [-0.2, -0.15) is 5.10 Å². The highest BCUT2D eigenvalue weighted by Crippen LogP contribution is 2.44. The Bertz CT molecular complexity index is 1280. The van der Waals surface area contributed by atoms with Crippen molar-refractivity contribution in [1.82, 2.24) is 15.1 Å². The zero-order valence-electron chi connectivity index (χ0n) is 18.3. The fourth-order valence-corrected chi connectivity index (χ4v) is 4.26. The maximum atomic E-state index is 13.5. The van der Waals surface area contributed by atoms with Crippen molar-refractivity contribution in [2.24, 2.45) is 0 Å². The Morgan fingerprint density at radius 1 is 0.909 bits per heavy atom. The third-order valence-corrected chi connectivity index (χ3v) is 5.95. The summed E-state index contributed by atoms with van der Waals surface area (Å²) in [5.74, 6) is 1.56. The normalized spacial score (nSPS) is 14.9. The maximum Gasteiger partial charge on any atom is 0.273 e. The first-order valence-electron chi connectivity index (χ1n) is 10.5. The van der Waals surface area contributed by atoms with Crippen LogP contribution >= 0.6 is 0 Å². The highest BCUT2D eigenvalue weighted by molar-refractivity contribution is 6.00. The van der Waals surface area contributed by atoms with Gasteiger partial charge in [0.05, 0.1) is 26.0 Å². The van der Waals surface area contributed by atoms with E-state index in [0.717, 1.165) is 39.4 Å². The average Bonchev–Trinajstić information content (AvgIpc) is 3.39. The number of nitrogens with zero attached hydrogens (tertiary/aromatic N) is 2. The number of nitrogens with one attached hydrogen (secondary N) is 1. The number of aromatic nitrogens is 2. The van der Waals surface area contributed by atoms with Crippen LogP contribution in [-0.2, 0) is 6.54 Å². The predicted molar refractivity (Wildman–Crippen MR) is 123 cm³/mol. The Morgan fingerprint density at radius 2 is 1.52 bits per heavy atom. The largest absolute Gasteiger partial charge is 0.508 e. The SMILES string of the molecule is COc1ccc(CN2C(=O)c3[nH]nc(-c4ccc(OC)cc4)c3C2c2ccc(O)cc2)cc1. The van der Waals surface area contributed by atoms with E-state index in [1.54, 1.807) is 26.4 Å². The molecule has 2 N–H and O–H groups in total. The molecule has 1 aromatic heterocycles. The third-order valence-electron chi connectivity index (χ3n) is 5.95. The number of methoxy groups -OCH3 is 2. The summed E-state index contributed by atoms with van der Waals surface area (Å²) < 4.78 is 10.5. The summed E-state index contributed by atoms with van der Waals surface area (Å²) in [5, 5.41) is 17.3. The van der Waals surface area contributed by atoms with Crippen LogP contribution in [0.2, 0.25) is 0 Å². The molecule has 1 amide bonds. The van der Waals surface area contributed by atoms with Crippen molar-refractivity contribution < 1.29 is 19.4 Å². The molecule has 1 unspecified atom stereocenters. The number of benzene rings is 3. The molecule has 7 nitrogen and oxygen atoms in total. The van der Waals surface area contributed by atoms with E-state index in [4.69, 9.17) is 9.47 Å². The number of H-pyrrole nitrogens is 1. The van der Waals surface area contributed by atoms with Gasteiger partial charge < -0.3 is 19.5 Å². The number of ether oxygens (including phenoxy) is 2. The lowest BCUT2D eigenvalue weighted by Gasteiger charge is -2.26. The Balaban J connectivity index is 1.59. The number of hydrogen-bond acceptors (Lipinski definition) is 5. The van der Waals surface area contributed by atoms with Crippen molar-refractivity contribution >= 4 is 5.91 Å². The predicted octanol–water partition coefficient (Wildman–Crippen LogP) is 4.54. The molecule has 0 radical (unpaired) electrons. The molecule has 0 aliphatic carbocycles. The number of phenols is 1. The molecule has 0 spiro atoms. The van der Waals surface area contributed by atoms with Gasteiger partial charge in [0, 0.05) is 17.7 Å². The molecule has 1 atom stereocenters. The summed E-state index contributed by atoms with van der Waals surface area (Å²) >= 11 is 0. The number of aromatic amines is 1. The molecule has 0 saturated heterocycles. The maximum absolute atomic E-state index is 13.5. The Kier molecular flexibility index (Phi) is 5.22. The van der Waals surface area contributed by atoms with E-state index in [2.05, 4.69) is 10.2 Å². The topological polar surface area (TPSA) is 87.7 Å². The van der Waals surface area contributed by atoms with Crippen LogP contribution < -0.4 is 9.47 Å². The minimum Gasteiger partial charge on any atom is -0.508 e. The van der Waals surface area contributed by atoms with Gasteiger partial charge in [-0.25, -0.2) is 0 Å². The highest BCUT2D eigenvalue weighted by Gasteiger charge is 2.42. The second-order valence-corrected chi connectivity index (χ2v) is 7.86. The average molecular weight is 441 g/mol. The number of phenolic OH excluding ortho intramolecular Hbond substituents is 1. The van der Waals surface area contributed by atoms with Gasteiger partial charge in [0.25, 0.3) is 5.91 Å². The molecule has 0 saturated carbocycles. The highest BCUT2D eigenvalue weighted by atomic mass is 16.5. The second kappa shape index (κ2) is 8.35. The van der Waals surface area contributed by atoms with E-state index in [1.807, 2.05) is 65.6 Å². The van der Waals surface area contributed by atoms with E-state index in [-0.39, 0.29) is 17.7 Å². The van der Waals surface area contributed by atoms with Crippen molar-refractivity contribution in [3.05, 3.63) is 95.2 Å². The Hall–Kier alpha value is -4.26. The minimum absolute atomic E-state index is 0.119. The number of hydrogen-bond donors (Lipinski definition) is 2. The van der Waals surface area contributed by atoms with Crippen molar-refractivity contribution in [2.75, 3.05) is 14.2 Å². The van der Waals surface area contributed by atoms with Crippen LogP contribution in [0.3, 0.4) is 0 Å². The fraction of sp³-hybridized carbons (Fsp3) is 0.154. The van der Waals surface area contributed by atoms with Crippen molar-refractivity contribution in [2.45, 2.75) is 12.6 Å². The summed E-state index contributed by atoms with van der Waals surface area (Å²) in [4.78, 5) is 15.3. The molecule has 0 fully saturated rings. The van der Waals surface area contributed by atoms with Crippen LogP contribution in [0, 0.1) is 0 Å². The minimum atomic E-state index is -0.356. The van der Waals surface area contributed by atoms with Crippen LogP contribution in [0.15, 0.2) is 72.8 Å². The van der Waals surface area contributed by atoms with Gasteiger partial charge in [-0.15, -0.1) is 0 Å². The number of aromatic hydroxyl groups is 1. The van der Waals surface area contributed by atoms with E-state index in [9.17, 15) is 9.90 Å². The van der Waals surface area contributed by atoms with Gasteiger partial charge >= 0.3 is 0 Å². The number of fused-ring (bicyclic) bond motifs is 1. The van der Waals surface area contributed by atoms with Gasteiger partial charge in [-0.3, -0.25) is 9.89 Å². The molecule has 4 aromatic rings. The summed E-state index contributed by atoms with van der Waals surface area (Å²) in [6.07, 6.45) is 0. The second-order valence-electron chi connectivity index (χ2n) is 7.86. The summed E-state index contributed by atoms with van der Waals surface area (Å²) in [7, 11) is 3.25. The van der Waals surface area contributed by atoms with Gasteiger partial charge in [0.2, 0.25) is 0 Å². The summed E-state index contributed by atoms with van der Waals surface area (Å²) in [6.45, 7) is 0.416. The van der Waals surface area contributed by atoms with Crippen molar-refractivity contribution in [1.29, 1.82) is 0 Å². The molecule has 3 aromatic carbocycles. The first-order valence-corrected chi connectivity index (χ1v) is 10.5. The molecule has 33 heavy (non-hydrogen) atoms. The van der Waals surface area contributed by atoms with Gasteiger partial charge in [-0.05, 0) is 59.7 Å². The summed E-state index contributed by atoms with van der Waals surface area (Å²) in [5.41, 5.74) is 4.78. The molecular formula is C26H23N3O4. The van der Waals surface area contributed by atoms with Crippen molar-refractivity contribution in [3.8, 4) is 28.5 Å². The molecule has 7 heteroatoms. The van der Waals surface area contributed by atoms with Gasteiger partial charge in [-0.1, -0.05) is 24.3 Å². The number of carbonyl (C=O) groups excluding carboxylic acids is 1. The smallest absolute Gasteiger partial charge is 0.273 e. The lowest BCUT2D eigenvalue weighted by atomic mass is 9.95. The molecule has 2 heterocycles. The quantitative estimate of drug-likeness (QED) is 0.459. The first kappa shape index (κ1) is 20.6. The fourth-order valence-electron chi connectivity index (χ4n) is 4.26. The Morgan fingerprint density at radius 3 is 2.12 bits per heavy atom. The molecule has 1 aliphatic rings.